The summed E-state index contributed by atoms with van der Waals surface area (Å²) in [6.07, 6.45) is 5.07. The largest absolute Gasteiger partial charge is 0.364 e. The highest BCUT2D eigenvalue weighted by Crippen LogP contribution is 2.44. The van der Waals surface area contributed by atoms with Crippen LogP contribution in [0, 0.1) is 5.82 Å². The first-order valence-corrected chi connectivity index (χ1v) is 10.6. The Morgan fingerprint density at radius 1 is 1.17 bits per heavy atom. The molecule has 1 saturated heterocycles. The van der Waals surface area contributed by atoms with Gasteiger partial charge < -0.3 is 14.7 Å². The predicted octanol–water partition coefficient (Wildman–Crippen LogP) is 3.64. The molecule has 1 N–H and O–H groups in total. The molecule has 1 aromatic carbocycles. The molecule has 0 unspecified atom stereocenters. The Hall–Kier alpha value is -1.68. The first kappa shape index (κ1) is 23.0. The predicted molar refractivity (Wildman–Crippen MR) is 127 cm³/mol. The van der Waals surface area contributed by atoms with Crippen molar-refractivity contribution in [2.24, 2.45) is 4.99 Å². The van der Waals surface area contributed by atoms with Crippen LogP contribution in [0.3, 0.4) is 0 Å². The third kappa shape index (κ3) is 5.32. The molecule has 1 aliphatic carbocycles. The van der Waals surface area contributed by atoms with Gasteiger partial charge in [-0.3, -0.25) is 9.89 Å². The summed E-state index contributed by atoms with van der Waals surface area (Å²) in [7, 11) is 0. The molecule has 8 heteroatoms. The van der Waals surface area contributed by atoms with Crippen LogP contribution in [0.2, 0.25) is 0 Å². The summed E-state index contributed by atoms with van der Waals surface area (Å²) in [6, 6.07) is 8.92. The van der Waals surface area contributed by atoms with Gasteiger partial charge in [0.2, 0.25) is 0 Å². The molecule has 6 nitrogen and oxygen atoms in total. The van der Waals surface area contributed by atoms with Crippen molar-refractivity contribution in [2.45, 2.75) is 38.1 Å². The van der Waals surface area contributed by atoms with E-state index >= 15 is 0 Å². The smallest absolute Gasteiger partial charge is 0.194 e. The Balaban J connectivity index is 0.00000256. The summed E-state index contributed by atoms with van der Waals surface area (Å²) >= 11 is 0. The topological polar surface area (TPSA) is 56.9 Å². The Morgan fingerprint density at radius 2 is 1.90 bits per heavy atom. The lowest BCUT2D eigenvalue weighted by Gasteiger charge is -2.42. The SMILES string of the molecule is CCNC(=NCC1(c2ccc(F)cc2)CCC1)N1CCN(Cc2ccon2)CC1.I. The fraction of sp³-hybridized carbons (Fsp3) is 0.545. The number of aliphatic imine (C=N–C) groups is 1. The summed E-state index contributed by atoms with van der Waals surface area (Å²) in [4.78, 5) is 9.76. The number of nitrogens with one attached hydrogen (secondary N) is 1. The Bertz CT molecular complexity index is 799. The lowest BCUT2D eigenvalue weighted by atomic mass is 9.64. The molecule has 2 aromatic rings. The molecule has 2 fully saturated rings. The number of aromatic nitrogens is 1. The van der Waals surface area contributed by atoms with Crippen LogP contribution in [-0.2, 0) is 12.0 Å². The van der Waals surface area contributed by atoms with Crippen molar-refractivity contribution < 1.29 is 8.91 Å². The molecular weight excluding hydrogens is 496 g/mol. The molecule has 1 aromatic heterocycles. The van der Waals surface area contributed by atoms with Gasteiger partial charge in [0.05, 0.1) is 12.2 Å². The lowest BCUT2D eigenvalue weighted by molar-refractivity contribution is 0.168. The van der Waals surface area contributed by atoms with Gasteiger partial charge in [-0.05, 0) is 37.5 Å². The van der Waals surface area contributed by atoms with Gasteiger partial charge in [-0.25, -0.2) is 4.39 Å². The molecule has 4 rings (SSSR count). The van der Waals surface area contributed by atoms with Crippen LogP contribution in [0.1, 0.15) is 37.4 Å². The van der Waals surface area contributed by atoms with Crippen molar-refractivity contribution in [3.8, 4) is 0 Å². The molecule has 0 atom stereocenters. The van der Waals surface area contributed by atoms with E-state index in [1.165, 1.54) is 12.0 Å². The van der Waals surface area contributed by atoms with E-state index in [1.54, 1.807) is 18.4 Å². The van der Waals surface area contributed by atoms with E-state index in [4.69, 9.17) is 9.52 Å². The first-order chi connectivity index (χ1) is 14.2. The minimum Gasteiger partial charge on any atom is -0.364 e. The van der Waals surface area contributed by atoms with E-state index in [-0.39, 0.29) is 35.2 Å². The summed E-state index contributed by atoms with van der Waals surface area (Å²) in [6.45, 7) is 8.35. The average molecular weight is 527 g/mol. The number of halogens is 2. The zero-order valence-corrected chi connectivity index (χ0v) is 19.8. The van der Waals surface area contributed by atoms with Crippen LogP contribution in [0.25, 0.3) is 0 Å². The van der Waals surface area contributed by atoms with Crippen LogP contribution in [-0.4, -0.2) is 60.2 Å². The van der Waals surface area contributed by atoms with Crippen LogP contribution >= 0.6 is 24.0 Å². The number of rotatable bonds is 6. The number of hydrogen-bond donors (Lipinski definition) is 1. The van der Waals surface area contributed by atoms with Crippen molar-refractivity contribution >= 4 is 29.9 Å². The second-order valence-corrected chi connectivity index (χ2v) is 8.06. The molecule has 2 aliphatic rings. The number of guanidine groups is 1. The van der Waals surface area contributed by atoms with E-state index in [9.17, 15) is 4.39 Å². The monoisotopic (exact) mass is 527 g/mol. The van der Waals surface area contributed by atoms with Crippen molar-refractivity contribution in [3.63, 3.8) is 0 Å². The van der Waals surface area contributed by atoms with Crippen molar-refractivity contribution in [1.82, 2.24) is 20.3 Å². The first-order valence-electron chi connectivity index (χ1n) is 10.6. The van der Waals surface area contributed by atoms with Gasteiger partial charge in [0, 0.05) is 50.7 Å². The third-order valence-electron chi connectivity index (χ3n) is 6.18. The number of hydrogen-bond acceptors (Lipinski definition) is 4. The van der Waals surface area contributed by atoms with Crippen molar-refractivity contribution in [1.29, 1.82) is 0 Å². The van der Waals surface area contributed by atoms with Gasteiger partial charge in [0.25, 0.3) is 0 Å². The molecule has 164 valence electrons. The quantitative estimate of drug-likeness (QED) is 0.354. The maximum absolute atomic E-state index is 13.3. The standard InChI is InChI=1S/C22H30FN5O.HI/c1-2-24-21(28-13-11-27(12-14-28)16-20-8-15-29-26-20)25-17-22(9-3-10-22)18-4-6-19(23)7-5-18;/h4-8,15H,2-3,9-14,16-17H2,1H3,(H,24,25);1H. The van der Waals surface area contributed by atoms with Gasteiger partial charge in [-0.2, -0.15) is 0 Å². The van der Waals surface area contributed by atoms with E-state index in [0.29, 0.717) is 0 Å². The molecule has 30 heavy (non-hydrogen) atoms. The molecular formula is C22H31FIN5O. The number of benzene rings is 1. The number of piperazine rings is 1. The van der Waals surface area contributed by atoms with E-state index in [1.807, 2.05) is 18.2 Å². The maximum atomic E-state index is 13.3. The summed E-state index contributed by atoms with van der Waals surface area (Å²) in [5, 5.41) is 7.47. The fourth-order valence-corrected chi connectivity index (χ4v) is 4.26. The highest BCUT2D eigenvalue weighted by atomic mass is 127. The van der Waals surface area contributed by atoms with Crippen molar-refractivity contribution in [2.75, 3.05) is 39.3 Å². The second kappa shape index (κ2) is 10.6. The highest BCUT2D eigenvalue weighted by Gasteiger charge is 2.38. The lowest BCUT2D eigenvalue weighted by Crippen LogP contribution is -2.52. The van der Waals surface area contributed by atoms with Crippen LogP contribution in [0.5, 0.6) is 0 Å². The molecule has 0 radical (unpaired) electrons. The second-order valence-electron chi connectivity index (χ2n) is 8.06. The normalized spacial score (nSPS) is 19.1. The van der Waals surface area contributed by atoms with Crippen LogP contribution < -0.4 is 5.32 Å². The van der Waals surface area contributed by atoms with Gasteiger partial charge in [-0.15, -0.1) is 24.0 Å². The van der Waals surface area contributed by atoms with Crippen molar-refractivity contribution in [3.05, 3.63) is 53.7 Å². The molecule has 0 bridgehead atoms. The molecule has 1 aliphatic heterocycles. The number of nitrogens with zero attached hydrogens (tertiary/aromatic N) is 4. The van der Waals surface area contributed by atoms with Gasteiger partial charge in [-0.1, -0.05) is 23.7 Å². The van der Waals surface area contributed by atoms with Gasteiger partial charge >= 0.3 is 0 Å². The molecule has 2 heterocycles. The summed E-state index contributed by atoms with van der Waals surface area (Å²) in [5.74, 6) is 0.811. The Kier molecular flexibility index (Phi) is 8.10. The van der Waals surface area contributed by atoms with E-state index < -0.39 is 0 Å². The Morgan fingerprint density at radius 3 is 2.47 bits per heavy atom. The minimum atomic E-state index is -0.177. The molecule has 1 saturated carbocycles. The maximum Gasteiger partial charge on any atom is 0.194 e. The zero-order valence-electron chi connectivity index (χ0n) is 17.5. The Labute approximate surface area is 194 Å². The van der Waals surface area contributed by atoms with Crippen LogP contribution in [0.15, 0.2) is 46.1 Å². The van der Waals surface area contributed by atoms with E-state index in [2.05, 4.69) is 27.2 Å². The molecule has 0 amide bonds. The molecule has 0 spiro atoms. The van der Waals surface area contributed by atoms with E-state index in [0.717, 1.165) is 70.3 Å². The van der Waals surface area contributed by atoms with Gasteiger partial charge in [0.1, 0.15) is 12.1 Å². The third-order valence-corrected chi connectivity index (χ3v) is 6.18. The minimum absolute atomic E-state index is 0. The highest BCUT2D eigenvalue weighted by molar-refractivity contribution is 14.0. The van der Waals surface area contributed by atoms with Crippen LogP contribution in [0.4, 0.5) is 4.39 Å². The van der Waals surface area contributed by atoms with Gasteiger partial charge in [0.15, 0.2) is 5.96 Å². The fourth-order valence-electron chi connectivity index (χ4n) is 4.26. The zero-order chi connectivity index (χ0) is 20.1. The summed E-state index contributed by atoms with van der Waals surface area (Å²) < 4.78 is 18.3. The summed E-state index contributed by atoms with van der Waals surface area (Å²) in [5.41, 5.74) is 2.25. The average Bonchev–Trinajstić information content (AvgIpc) is 3.21.